The lowest BCUT2D eigenvalue weighted by molar-refractivity contribution is -0.386. The molecule has 1 aliphatic heterocycles. The van der Waals surface area contributed by atoms with Gasteiger partial charge in [0.1, 0.15) is 17.2 Å². The number of nitro groups is 1. The van der Waals surface area contributed by atoms with E-state index in [0.717, 1.165) is 6.20 Å². The molecule has 0 aliphatic carbocycles. The number of hydrogen-bond acceptors (Lipinski definition) is 7. The van der Waals surface area contributed by atoms with E-state index >= 15 is 0 Å². The van der Waals surface area contributed by atoms with Gasteiger partial charge in [-0.2, -0.15) is 0 Å². The summed E-state index contributed by atoms with van der Waals surface area (Å²) in [4.78, 5) is 41.9. The number of fused-ring (bicyclic) bond motifs is 1. The first-order chi connectivity index (χ1) is 13.5. The highest BCUT2D eigenvalue weighted by Crippen LogP contribution is 2.44. The van der Waals surface area contributed by atoms with E-state index in [1.165, 1.54) is 12.0 Å². The lowest BCUT2D eigenvalue weighted by Crippen LogP contribution is -2.66. The van der Waals surface area contributed by atoms with Crippen LogP contribution in [0.25, 0.3) is 10.9 Å². The van der Waals surface area contributed by atoms with Gasteiger partial charge in [-0.3, -0.25) is 14.9 Å². The molecule has 3 rings (SSSR count). The molecule has 1 saturated heterocycles. The molecule has 0 bridgehead atoms. The van der Waals surface area contributed by atoms with Crippen LogP contribution in [0.3, 0.4) is 0 Å². The second kappa shape index (κ2) is 7.25. The summed E-state index contributed by atoms with van der Waals surface area (Å²) < 4.78 is 11.0. The van der Waals surface area contributed by atoms with E-state index in [1.54, 1.807) is 39.0 Å². The summed E-state index contributed by atoms with van der Waals surface area (Å²) in [5, 5.41) is 12.2. The number of pyridine rings is 1. The Balaban J connectivity index is 2.14. The molecule has 1 amide bonds. The third-order valence-electron chi connectivity index (χ3n) is 4.63. The molecule has 154 valence electrons. The number of carbonyl (C=O) groups is 2. The SMILES string of the molecule is COC(=O)C1(c2c([N+](=O)[O-])cnc3ccc(Br)cc23)CN(C(=O)OC(C)(C)C)C1. The number of aromatic nitrogens is 1. The molecule has 2 aromatic rings. The van der Waals surface area contributed by atoms with E-state index in [9.17, 15) is 19.7 Å². The van der Waals surface area contributed by atoms with Crippen LogP contribution < -0.4 is 0 Å². The molecule has 29 heavy (non-hydrogen) atoms. The number of nitrogens with zero attached hydrogens (tertiary/aromatic N) is 3. The molecule has 1 fully saturated rings. The molecule has 0 atom stereocenters. The molecule has 0 unspecified atom stereocenters. The first-order valence-electron chi connectivity index (χ1n) is 8.78. The van der Waals surface area contributed by atoms with Crippen LogP contribution in [0.5, 0.6) is 0 Å². The van der Waals surface area contributed by atoms with Crippen molar-refractivity contribution in [3.8, 4) is 0 Å². The van der Waals surface area contributed by atoms with Gasteiger partial charge in [0, 0.05) is 22.9 Å². The quantitative estimate of drug-likeness (QED) is 0.386. The van der Waals surface area contributed by atoms with E-state index in [0.29, 0.717) is 15.4 Å². The molecule has 0 N–H and O–H groups in total. The molecule has 1 aromatic carbocycles. The second-order valence-electron chi connectivity index (χ2n) is 7.85. The van der Waals surface area contributed by atoms with Crippen molar-refractivity contribution in [2.45, 2.75) is 31.8 Å². The van der Waals surface area contributed by atoms with E-state index in [-0.39, 0.29) is 24.3 Å². The Hall–Kier alpha value is -2.75. The van der Waals surface area contributed by atoms with E-state index < -0.39 is 28.0 Å². The summed E-state index contributed by atoms with van der Waals surface area (Å²) in [6.45, 7) is 5.01. The van der Waals surface area contributed by atoms with Gasteiger partial charge in [0.25, 0.3) is 5.69 Å². The van der Waals surface area contributed by atoms with Crippen molar-refractivity contribution in [1.29, 1.82) is 0 Å². The van der Waals surface area contributed by atoms with Gasteiger partial charge in [-0.05, 0) is 39.0 Å². The summed E-state index contributed by atoms with van der Waals surface area (Å²) >= 11 is 3.36. The molecular weight excluding hydrogens is 446 g/mol. The van der Waals surface area contributed by atoms with Gasteiger partial charge in [0.05, 0.1) is 23.1 Å². The van der Waals surface area contributed by atoms with Gasteiger partial charge >= 0.3 is 12.1 Å². The number of benzene rings is 1. The van der Waals surface area contributed by atoms with Crippen molar-refractivity contribution in [2.24, 2.45) is 0 Å². The predicted molar refractivity (Wildman–Crippen MR) is 108 cm³/mol. The Bertz CT molecular complexity index is 1010. The van der Waals surface area contributed by atoms with Crippen molar-refractivity contribution >= 4 is 44.6 Å². The van der Waals surface area contributed by atoms with Crippen LogP contribution >= 0.6 is 15.9 Å². The zero-order valence-corrected chi connectivity index (χ0v) is 18.0. The zero-order valence-electron chi connectivity index (χ0n) is 16.4. The lowest BCUT2D eigenvalue weighted by Gasteiger charge is -2.47. The Labute approximate surface area is 175 Å². The molecule has 9 nitrogen and oxygen atoms in total. The molecule has 0 saturated carbocycles. The van der Waals surface area contributed by atoms with Crippen LogP contribution in [0.1, 0.15) is 26.3 Å². The first kappa shape index (κ1) is 21.0. The average Bonchev–Trinajstić information content (AvgIpc) is 2.58. The third kappa shape index (κ3) is 3.76. The van der Waals surface area contributed by atoms with Crippen LogP contribution in [-0.4, -0.2) is 52.7 Å². The first-order valence-corrected chi connectivity index (χ1v) is 9.57. The fourth-order valence-electron chi connectivity index (χ4n) is 3.44. The highest BCUT2D eigenvalue weighted by molar-refractivity contribution is 9.10. The van der Waals surface area contributed by atoms with Gasteiger partial charge < -0.3 is 14.4 Å². The zero-order chi connectivity index (χ0) is 21.6. The number of esters is 1. The highest BCUT2D eigenvalue weighted by Gasteiger charge is 2.57. The molecule has 2 heterocycles. The van der Waals surface area contributed by atoms with Crippen LogP contribution in [0.15, 0.2) is 28.9 Å². The summed E-state index contributed by atoms with van der Waals surface area (Å²) in [6, 6.07) is 5.12. The third-order valence-corrected chi connectivity index (χ3v) is 5.13. The van der Waals surface area contributed by atoms with E-state index in [1.807, 2.05) is 0 Å². The maximum absolute atomic E-state index is 12.8. The second-order valence-corrected chi connectivity index (χ2v) is 8.76. The largest absolute Gasteiger partial charge is 0.468 e. The van der Waals surface area contributed by atoms with Gasteiger partial charge in [-0.1, -0.05) is 15.9 Å². The molecule has 0 spiro atoms. The number of hydrogen-bond donors (Lipinski definition) is 0. The Morgan fingerprint density at radius 2 is 1.97 bits per heavy atom. The molecule has 10 heteroatoms. The minimum Gasteiger partial charge on any atom is -0.468 e. The molecule has 0 radical (unpaired) electrons. The molecular formula is C19H20BrN3O6. The molecule has 1 aliphatic rings. The van der Waals surface area contributed by atoms with Gasteiger partial charge in [-0.25, -0.2) is 9.78 Å². The van der Waals surface area contributed by atoms with E-state index in [4.69, 9.17) is 9.47 Å². The topological polar surface area (TPSA) is 112 Å². The smallest absolute Gasteiger partial charge is 0.410 e. The maximum atomic E-state index is 12.8. The van der Waals surface area contributed by atoms with Crippen LogP contribution in [0, 0.1) is 10.1 Å². The Morgan fingerprint density at radius 3 is 2.52 bits per heavy atom. The maximum Gasteiger partial charge on any atom is 0.410 e. The molecule has 1 aromatic heterocycles. The van der Waals surface area contributed by atoms with Gasteiger partial charge in [-0.15, -0.1) is 0 Å². The van der Waals surface area contributed by atoms with Crippen molar-refractivity contribution in [1.82, 2.24) is 9.88 Å². The highest BCUT2D eigenvalue weighted by atomic mass is 79.9. The lowest BCUT2D eigenvalue weighted by atomic mass is 9.72. The van der Waals surface area contributed by atoms with Crippen molar-refractivity contribution in [2.75, 3.05) is 20.2 Å². The Morgan fingerprint density at radius 1 is 1.31 bits per heavy atom. The van der Waals surface area contributed by atoms with Gasteiger partial charge in [0.2, 0.25) is 0 Å². The summed E-state index contributed by atoms with van der Waals surface area (Å²) in [6.07, 6.45) is 0.533. The number of carbonyl (C=O) groups excluding carboxylic acids is 2. The number of methoxy groups -OCH3 is 1. The number of likely N-dealkylation sites (tertiary alicyclic amines) is 1. The minimum atomic E-state index is -1.39. The monoisotopic (exact) mass is 465 g/mol. The summed E-state index contributed by atoms with van der Waals surface area (Å²) in [5.74, 6) is -0.659. The number of halogens is 1. The van der Waals surface area contributed by atoms with Crippen molar-refractivity contribution in [3.63, 3.8) is 0 Å². The standard InChI is InChI=1S/C19H20BrN3O6/c1-18(2,3)29-17(25)22-9-19(10-22,16(24)28-4)15-12-7-11(20)5-6-13(12)21-8-14(15)23(26)27/h5-8H,9-10H2,1-4H3. The van der Waals surface area contributed by atoms with Crippen molar-refractivity contribution in [3.05, 3.63) is 44.5 Å². The summed E-state index contributed by atoms with van der Waals surface area (Å²) in [5.41, 5.74) is -1.73. The van der Waals surface area contributed by atoms with Crippen LogP contribution in [0.2, 0.25) is 0 Å². The normalized spacial score (nSPS) is 15.6. The summed E-state index contributed by atoms with van der Waals surface area (Å²) in [7, 11) is 1.21. The van der Waals surface area contributed by atoms with Crippen LogP contribution in [0.4, 0.5) is 10.5 Å². The number of amides is 1. The fourth-order valence-corrected chi connectivity index (χ4v) is 3.80. The number of rotatable bonds is 3. The number of ether oxygens (including phenoxy) is 2. The Kier molecular flexibility index (Phi) is 5.24. The van der Waals surface area contributed by atoms with Crippen molar-refractivity contribution < 1.29 is 24.0 Å². The fraction of sp³-hybridized carbons (Fsp3) is 0.421. The van der Waals surface area contributed by atoms with E-state index in [2.05, 4.69) is 20.9 Å². The van der Waals surface area contributed by atoms with Crippen LogP contribution in [-0.2, 0) is 19.7 Å². The predicted octanol–water partition coefficient (Wildman–Crippen LogP) is 3.57. The van der Waals surface area contributed by atoms with Gasteiger partial charge in [0.15, 0.2) is 0 Å². The average molecular weight is 466 g/mol. The minimum absolute atomic E-state index is 0.0962.